The fourth-order valence-electron chi connectivity index (χ4n) is 4.06. The molecular weight excluding hydrogens is 426 g/mol. The Balaban J connectivity index is 1.75. The first-order chi connectivity index (χ1) is 14.2. The number of benzene rings is 2. The van der Waals surface area contributed by atoms with Crippen LogP contribution in [0.2, 0.25) is 0 Å². The lowest BCUT2D eigenvalue weighted by molar-refractivity contribution is -0.384. The highest BCUT2D eigenvalue weighted by Gasteiger charge is 2.37. The number of allylic oxidation sites excluding steroid dienone is 1. The molecule has 0 saturated heterocycles. The topological polar surface area (TPSA) is 92.9 Å². The molecule has 0 amide bonds. The quantitative estimate of drug-likeness (QED) is 0.384. The lowest BCUT2D eigenvalue weighted by Gasteiger charge is -2.27. The molecule has 4 rings (SSSR count). The van der Waals surface area contributed by atoms with Crippen molar-refractivity contribution >= 4 is 39.2 Å². The Bertz CT molecular complexity index is 1150. The summed E-state index contributed by atoms with van der Waals surface area (Å²) < 4.78 is 26.1. The second-order valence-corrected chi connectivity index (χ2v) is 9.80. The normalized spacial score (nSPS) is 22.5. The molecule has 2 atom stereocenters. The zero-order valence-electron chi connectivity index (χ0n) is 16.2. The van der Waals surface area contributed by atoms with Crippen LogP contribution in [0.1, 0.15) is 22.6 Å². The monoisotopic (exact) mass is 445 g/mol. The highest BCUT2D eigenvalue weighted by atomic mass is 35.5. The SMILES string of the molecule is CS(=O)(=O)N1CC(CCl)c2ccc(C3(Cc4ccc([N+](=O)[O-])cc4)C=CC=N3)cc21. The lowest BCUT2D eigenvalue weighted by Crippen LogP contribution is -2.29. The van der Waals surface area contributed by atoms with Crippen molar-refractivity contribution in [3.63, 3.8) is 0 Å². The molecule has 0 aromatic heterocycles. The van der Waals surface area contributed by atoms with Gasteiger partial charge in [-0.25, -0.2) is 8.42 Å². The Morgan fingerprint density at radius 1 is 1.27 bits per heavy atom. The van der Waals surface area contributed by atoms with Crippen molar-refractivity contribution in [2.45, 2.75) is 17.9 Å². The van der Waals surface area contributed by atoms with Gasteiger partial charge < -0.3 is 0 Å². The summed E-state index contributed by atoms with van der Waals surface area (Å²) in [5.74, 6) is 0.281. The molecule has 0 spiro atoms. The smallest absolute Gasteiger partial charge is 0.269 e. The van der Waals surface area contributed by atoms with Gasteiger partial charge in [0.1, 0.15) is 5.54 Å². The van der Waals surface area contributed by atoms with Gasteiger partial charge in [-0.2, -0.15) is 0 Å². The van der Waals surface area contributed by atoms with Crippen LogP contribution >= 0.6 is 11.6 Å². The number of alkyl halides is 1. The van der Waals surface area contributed by atoms with Gasteiger partial charge in [-0.3, -0.25) is 19.4 Å². The van der Waals surface area contributed by atoms with Crippen molar-refractivity contribution in [1.82, 2.24) is 0 Å². The number of halogens is 1. The summed E-state index contributed by atoms with van der Waals surface area (Å²) in [6.07, 6.45) is 7.23. The van der Waals surface area contributed by atoms with E-state index in [1.807, 2.05) is 30.4 Å². The molecule has 2 aromatic rings. The molecule has 2 aliphatic rings. The summed E-state index contributed by atoms with van der Waals surface area (Å²) in [5, 5.41) is 10.9. The largest absolute Gasteiger partial charge is 0.277 e. The predicted octanol–water partition coefficient (Wildman–Crippen LogP) is 3.78. The van der Waals surface area contributed by atoms with E-state index in [0.717, 1.165) is 16.7 Å². The summed E-state index contributed by atoms with van der Waals surface area (Å²) in [4.78, 5) is 15.2. The van der Waals surface area contributed by atoms with Crippen molar-refractivity contribution < 1.29 is 13.3 Å². The minimum atomic E-state index is -3.44. The molecule has 0 N–H and O–H groups in total. The second kappa shape index (κ2) is 7.52. The molecular formula is C21H20ClN3O4S. The van der Waals surface area contributed by atoms with Crippen molar-refractivity contribution in [2.75, 3.05) is 23.0 Å². The summed E-state index contributed by atoms with van der Waals surface area (Å²) >= 11 is 6.08. The van der Waals surface area contributed by atoms with Crippen LogP contribution in [0.15, 0.2) is 59.6 Å². The number of sulfonamides is 1. The molecule has 9 heteroatoms. The van der Waals surface area contributed by atoms with Crippen LogP contribution in [0.5, 0.6) is 0 Å². The first kappa shape index (κ1) is 20.6. The van der Waals surface area contributed by atoms with E-state index in [9.17, 15) is 18.5 Å². The average Bonchev–Trinajstić information content (AvgIpc) is 3.33. The van der Waals surface area contributed by atoms with Crippen LogP contribution in [-0.4, -0.2) is 38.2 Å². The molecule has 2 aromatic carbocycles. The summed E-state index contributed by atoms with van der Waals surface area (Å²) in [6.45, 7) is 0.329. The number of aliphatic imine (C=N–C) groups is 1. The van der Waals surface area contributed by atoms with Crippen LogP contribution in [-0.2, 0) is 22.0 Å². The standard InChI is InChI=1S/C21H20ClN3O4S/c1-30(28,29)24-14-16(13-22)19-8-5-17(11-20(19)24)21(9-2-10-23-21)12-15-3-6-18(7-4-15)25(26)27/h2-11,16H,12-14H2,1H3. The van der Waals surface area contributed by atoms with Crippen LogP contribution in [0.25, 0.3) is 0 Å². The molecule has 2 heterocycles. The molecule has 7 nitrogen and oxygen atoms in total. The van der Waals surface area contributed by atoms with E-state index in [2.05, 4.69) is 4.99 Å². The lowest BCUT2D eigenvalue weighted by atomic mass is 9.83. The van der Waals surface area contributed by atoms with Gasteiger partial charge in [-0.1, -0.05) is 30.3 Å². The number of hydrogen-bond donors (Lipinski definition) is 0. The Labute approximate surface area is 179 Å². The molecule has 156 valence electrons. The number of non-ortho nitro benzene ring substituents is 1. The number of nitro benzene ring substituents is 1. The van der Waals surface area contributed by atoms with Gasteiger partial charge in [0.15, 0.2) is 0 Å². The maximum atomic E-state index is 12.3. The highest BCUT2D eigenvalue weighted by molar-refractivity contribution is 7.92. The first-order valence-corrected chi connectivity index (χ1v) is 11.8. The molecule has 2 aliphatic heterocycles. The van der Waals surface area contributed by atoms with E-state index in [-0.39, 0.29) is 11.6 Å². The summed E-state index contributed by atoms with van der Waals surface area (Å²) in [7, 11) is -3.44. The second-order valence-electron chi connectivity index (χ2n) is 7.58. The third kappa shape index (κ3) is 3.61. The van der Waals surface area contributed by atoms with Crippen molar-refractivity contribution in [3.05, 3.63) is 81.4 Å². The van der Waals surface area contributed by atoms with Gasteiger partial charge in [0.05, 0.1) is 16.9 Å². The van der Waals surface area contributed by atoms with Gasteiger partial charge in [0, 0.05) is 43.1 Å². The van der Waals surface area contributed by atoms with Crippen LogP contribution in [0, 0.1) is 10.1 Å². The van der Waals surface area contributed by atoms with E-state index in [0.29, 0.717) is 24.5 Å². The molecule has 0 fully saturated rings. The van der Waals surface area contributed by atoms with Crippen molar-refractivity contribution in [3.8, 4) is 0 Å². The fourth-order valence-corrected chi connectivity index (χ4v) is 5.29. The summed E-state index contributed by atoms with van der Waals surface area (Å²) in [5.41, 5.74) is 2.63. The number of nitro groups is 1. The Morgan fingerprint density at radius 3 is 2.57 bits per heavy atom. The van der Waals surface area contributed by atoms with Crippen molar-refractivity contribution in [1.29, 1.82) is 0 Å². The molecule has 0 bridgehead atoms. The molecule has 30 heavy (non-hydrogen) atoms. The molecule has 0 aliphatic carbocycles. The van der Waals surface area contributed by atoms with E-state index < -0.39 is 20.5 Å². The number of hydrogen-bond acceptors (Lipinski definition) is 5. The highest BCUT2D eigenvalue weighted by Crippen LogP contribution is 2.43. The molecule has 0 saturated carbocycles. The van der Waals surface area contributed by atoms with Gasteiger partial charge in [0.25, 0.3) is 5.69 Å². The van der Waals surface area contributed by atoms with E-state index in [1.165, 1.54) is 22.7 Å². The predicted molar refractivity (Wildman–Crippen MR) is 118 cm³/mol. The first-order valence-electron chi connectivity index (χ1n) is 9.38. The maximum Gasteiger partial charge on any atom is 0.269 e. The maximum absolute atomic E-state index is 12.3. The minimum Gasteiger partial charge on any atom is -0.277 e. The van der Waals surface area contributed by atoms with Crippen LogP contribution < -0.4 is 4.31 Å². The van der Waals surface area contributed by atoms with Crippen molar-refractivity contribution in [2.24, 2.45) is 4.99 Å². The van der Waals surface area contributed by atoms with E-state index in [4.69, 9.17) is 11.6 Å². The average molecular weight is 446 g/mol. The van der Waals surface area contributed by atoms with Crippen LogP contribution in [0.3, 0.4) is 0 Å². The van der Waals surface area contributed by atoms with Gasteiger partial charge in [0.2, 0.25) is 10.0 Å². The van der Waals surface area contributed by atoms with E-state index >= 15 is 0 Å². The van der Waals surface area contributed by atoms with Gasteiger partial charge >= 0.3 is 0 Å². The van der Waals surface area contributed by atoms with E-state index in [1.54, 1.807) is 18.3 Å². The van der Waals surface area contributed by atoms with Gasteiger partial charge in [-0.05, 0) is 28.8 Å². The number of nitrogens with zero attached hydrogens (tertiary/aromatic N) is 3. The Morgan fingerprint density at radius 2 is 2.00 bits per heavy atom. The summed E-state index contributed by atoms with van der Waals surface area (Å²) in [6, 6.07) is 12.2. The number of fused-ring (bicyclic) bond motifs is 1. The molecule has 0 radical (unpaired) electrons. The van der Waals surface area contributed by atoms with Gasteiger partial charge in [-0.15, -0.1) is 11.6 Å². The molecule has 2 unspecified atom stereocenters. The number of rotatable bonds is 6. The zero-order chi connectivity index (χ0) is 21.5. The third-order valence-electron chi connectivity index (χ3n) is 5.60. The van der Waals surface area contributed by atoms with Crippen LogP contribution in [0.4, 0.5) is 11.4 Å². The minimum absolute atomic E-state index is 0.0340. The number of anilines is 1. The zero-order valence-corrected chi connectivity index (χ0v) is 17.8. The Kier molecular flexibility index (Phi) is 5.15. The fraction of sp³-hybridized carbons (Fsp3) is 0.286. The third-order valence-corrected chi connectivity index (χ3v) is 7.11. The Hall–Kier alpha value is -2.71.